The van der Waals surface area contributed by atoms with E-state index in [1.54, 1.807) is 24.8 Å². The summed E-state index contributed by atoms with van der Waals surface area (Å²) in [5.74, 6) is -0.105. The fourth-order valence-corrected chi connectivity index (χ4v) is 4.58. The van der Waals surface area contributed by atoms with E-state index in [0.29, 0.717) is 18.7 Å². The van der Waals surface area contributed by atoms with E-state index in [2.05, 4.69) is 5.32 Å². The van der Waals surface area contributed by atoms with Crippen LogP contribution < -0.4 is 5.32 Å². The van der Waals surface area contributed by atoms with Gasteiger partial charge in [0.05, 0.1) is 23.0 Å². The molecule has 0 aromatic heterocycles. The molecular weight excluding hydrogens is 334 g/mol. The molecule has 0 spiro atoms. The van der Waals surface area contributed by atoms with Gasteiger partial charge in [0.1, 0.15) is 0 Å². The summed E-state index contributed by atoms with van der Waals surface area (Å²) in [6, 6.07) is 4.12. The molecule has 1 saturated heterocycles. The number of anilines is 1. The Hall–Kier alpha value is -2.16. The number of nitro groups is 1. The van der Waals surface area contributed by atoms with E-state index in [9.17, 15) is 23.3 Å². The molecule has 8 nitrogen and oxygen atoms in total. The Bertz CT molecular complexity index is 747. The molecule has 0 bridgehead atoms. The van der Waals surface area contributed by atoms with Gasteiger partial charge in [-0.15, -0.1) is 0 Å². The Morgan fingerprint density at radius 2 is 2.17 bits per heavy atom. The van der Waals surface area contributed by atoms with Gasteiger partial charge in [-0.2, -0.15) is 0 Å². The van der Waals surface area contributed by atoms with Gasteiger partial charge >= 0.3 is 0 Å². The Morgan fingerprint density at radius 1 is 1.46 bits per heavy atom. The van der Waals surface area contributed by atoms with Gasteiger partial charge < -0.3 is 10.2 Å². The normalized spacial score (nSPS) is 19.0. The maximum absolute atomic E-state index is 12.4. The second-order valence-corrected chi connectivity index (χ2v) is 8.08. The zero-order valence-corrected chi connectivity index (χ0v) is 14.5. The van der Waals surface area contributed by atoms with Gasteiger partial charge in [0.15, 0.2) is 9.84 Å². The van der Waals surface area contributed by atoms with Gasteiger partial charge in [0, 0.05) is 30.4 Å². The van der Waals surface area contributed by atoms with E-state index < -0.39 is 14.8 Å². The fraction of sp³-hybridized carbons (Fsp3) is 0.533. The van der Waals surface area contributed by atoms with Crippen LogP contribution in [0.15, 0.2) is 18.2 Å². The number of nitrogens with one attached hydrogen (secondary N) is 1. The van der Waals surface area contributed by atoms with Crippen molar-refractivity contribution >= 4 is 27.1 Å². The first-order valence-corrected chi connectivity index (χ1v) is 9.54. The van der Waals surface area contributed by atoms with Crippen LogP contribution in [-0.4, -0.2) is 54.8 Å². The average molecular weight is 355 g/mol. The van der Waals surface area contributed by atoms with E-state index in [1.807, 2.05) is 0 Å². The summed E-state index contributed by atoms with van der Waals surface area (Å²) in [4.78, 5) is 24.3. The number of amides is 1. The standard InChI is InChI=1S/C15H21N3O5S/c1-3-17(13-6-7-24(22,23)10-13)15(19)9-16-14-8-12(18(20)21)5-4-11(14)2/h4-5,8,13,16H,3,6-7,9-10H2,1-2H3. The van der Waals surface area contributed by atoms with Gasteiger partial charge in [-0.3, -0.25) is 14.9 Å². The molecule has 1 atom stereocenters. The van der Waals surface area contributed by atoms with Crippen LogP contribution in [0.25, 0.3) is 0 Å². The van der Waals surface area contributed by atoms with Crippen LogP contribution in [0.3, 0.4) is 0 Å². The highest BCUT2D eigenvalue weighted by Crippen LogP contribution is 2.22. The molecule has 1 aliphatic heterocycles. The summed E-state index contributed by atoms with van der Waals surface area (Å²) < 4.78 is 23.2. The zero-order chi connectivity index (χ0) is 17.9. The van der Waals surface area contributed by atoms with Crippen LogP contribution in [0.5, 0.6) is 0 Å². The SMILES string of the molecule is CCN(C(=O)CNc1cc([N+](=O)[O-])ccc1C)C1CCS(=O)(=O)C1. The molecule has 1 heterocycles. The number of sulfone groups is 1. The maximum Gasteiger partial charge on any atom is 0.271 e. The first-order chi connectivity index (χ1) is 11.2. The van der Waals surface area contributed by atoms with Crippen molar-refractivity contribution in [1.82, 2.24) is 4.90 Å². The predicted octanol–water partition coefficient (Wildman–Crippen LogP) is 1.35. The topological polar surface area (TPSA) is 110 Å². The van der Waals surface area contributed by atoms with Crippen LogP contribution in [0.2, 0.25) is 0 Å². The van der Waals surface area contributed by atoms with Crippen LogP contribution in [0.4, 0.5) is 11.4 Å². The summed E-state index contributed by atoms with van der Waals surface area (Å²) in [5.41, 5.74) is 1.26. The molecule has 24 heavy (non-hydrogen) atoms. The molecule has 0 saturated carbocycles. The number of nitro benzene ring substituents is 1. The van der Waals surface area contributed by atoms with Crippen molar-refractivity contribution < 1.29 is 18.1 Å². The lowest BCUT2D eigenvalue weighted by atomic mass is 10.1. The van der Waals surface area contributed by atoms with Crippen molar-refractivity contribution in [3.05, 3.63) is 33.9 Å². The van der Waals surface area contributed by atoms with Crippen LogP contribution >= 0.6 is 0 Å². The number of nitrogens with zero attached hydrogens (tertiary/aromatic N) is 2. The van der Waals surface area contributed by atoms with E-state index >= 15 is 0 Å². The average Bonchev–Trinajstić information content (AvgIpc) is 2.86. The Balaban J connectivity index is 2.04. The molecule has 1 fully saturated rings. The van der Waals surface area contributed by atoms with E-state index in [1.165, 1.54) is 12.1 Å². The van der Waals surface area contributed by atoms with Crippen molar-refractivity contribution in [1.29, 1.82) is 0 Å². The minimum Gasteiger partial charge on any atom is -0.376 e. The van der Waals surface area contributed by atoms with Gasteiger partial charge in [-0.05, 0) is 25.8 Å². The number of aryl methyl sites for hydroxylation is 1. The highest BCUT2D eigenvalue weighted by Gasteiger charge is 2.33. The molecule has 1 aromatic carbocycles. The Labute approximate surface area is 140 Å². The Kier molecular flexibility index (Phi) is 5.43. The summed E-state index contributed by atoms with van der Waals surface area (Å²) in [7, 11) is -3.06. The quantitative estimate of drug-likeness (QED) is 0.609. The van der Waals surface area contributed by atoms with Crippen molar-refractivity contribution in [3.8, 4) is 0 Å². The molecule has 2 rings (SSSR count). The van der Waals surface area contributed by atoms with Crippen LogP contribution in [-0.2, 0) is 14.6 Å². The first-order valence-electron chi connectivity index (χ1n) is 7.72. The van der Waals surface area contributed by atoms with Gasteiger partial charge in [0.2, 0.25) is 5.91 Å². The minimum absolute atomic E-state index is 0.00240. The molecule has 132 valence electrons. The van der Waals surface area contributed by atoms with Crippen molar-refractivity contribution in [2.75, 3.05) is 29.9 Å². The number of rotatable bonds is 6. The molecule has 1 aromatic rings. The summed E-state index contributed by atoms with van der Waals surface area (Å²) in [6.07, 6.45) is 0.456. The van der Waals surface area contributed by atoms with E-state index in [4.69, 9.17) is 0 Å². The molecular formula is C15H21N3O5S. The third-order valence-corrected chi connectivity index (χ3v) is 5.92. The molecule has 9 heteroatoms. The van der Waals surface area contributed by atoms with Gasteiger partial charge in [-0.1, -0.05) is 6.07 Å². The molecule has 1 unspecified atom stereocenters. The maximum atomic E-state index is 12.4. The molecule has 1 amide bonds. The molecule has 0 radical (unpaired) electrons. The first kappa shape index (κ1) is 18.2. The Morgan fingerprint density at radius 3 is 2.71 bits per heavy atom. The summed E-state index contributed by atoms with van der Waals surface area (Å²) in [5, 5.41) is 13.8. The summed E-state index contributed by atoms with van der Waals surface area (Å²) >= 11 is 0. The highest BCUT2D eigenvalue weighted by molar-refractivity contribution is 7.91. The van der Waals surface area contributed by atoms with Crippen molar-refractivity contribution in [2.45, 2.75) is 26.3 Å². The van der Waals surface area contributed by atoms with Gasteiger partial charge in [0.25, 0.3) is 5.69 Å². The monoisotopic (exact) mass is 355 g/mol. The zero-order valence-electron chi connectivity index (χ0n) is 13.7. The lowest BCUT2D eigenvalue weighted by Gasteiger charge is -2.27. The fourth-order valence-electron chi connectivity index (χ4n) is 2.85. The largest absolute Gasteiger partial charge is 0.376 e. The number of non-ortho nitro benzene ring substituents is 1. The van der Waals surface area contributed by atoms with Gasteiger partial charge in [-0.25, -0.2) is 8.42 Å². The number of hydrogen-bond acceptors (Lipinski definition) is 6. The minimum atomic E-state index is -3.06. The molecule has 1 aliphatic rings. The van der Waals surface area contributed by atoms with Crippen molar-refractivity contribution in [2.24, 2.45) is 0 Å². The lowest BCUT2D eigenvalue weighted by molar-refractivity contribution is -0.384. The van der Waals surface area contributed by atoms with Crippen molar-refractivity contribution in [3.63, 3.8) is 0 Å². The lowest BCUT2D eigenvalue weighted by Crippen LogP contribution is -2.43. The van der Waals surface area contributed by atoms with Crippen LogP contribution in [0.1, 0.15) is 18.9 Å². The molecule has 1 N–H and O–H groups in total. The third kappa shape index (κ3) is 4.22. The number of carbonyl (C=O) groups is 1. The second kappa shape index (κ2) is 7.16. The second-order valence-electron chi connectivity index (χ2n) is 5.85. The van der Waals surface area contributed by atoms with E-state index in [0.717, 1.165) is 5.56 Å². The number of carbonyl (C=O) groups excluding carboxylic acids is 1. The van der Waals surface area contributed by atoms with Crippen LogP contribution in [0, 0.1) is 17.0 Å². The van der Waals surface area contributed by atoms with E-state index in [-0.39, 0.29) is 35.7 Å². The molecule has 0 aliphatic carbocycles. The number of likely N-dealkylation sites (N-methyl/N-ethyl adjacent to an activating group) is 1. The smallest absolute Gasteiger partial charge is 0.271 e. The highest BCUT2D eigenvalue weighted by atomic mass is 32.2. The number of benzene rings is 1. The predicted molar refractivity (Wildman–Crippen MR) is 90.8 cm³/mol. The number of hydrogen-bond donors (Lipinski definition) is 1. The summed E-state index contributed by atoms with van der Waals surface area (Å²) in [6.45, 7) is 3.99. The third-order valence-electron chi connectivity index (χ3n) is 4.17.